The highest BCUT2D eigenvalue weighted by atomic mass is 32.2. The summed E-state index contributed by atoms with van der Waals surface area (Å²) in [7, 11) is -1.79. The third-order valence-corrected chi connectivity index (χ3v) is 9.12. The summed E-state index contributed by atoms with van der Waals surface area (Å²) in [5.74, 6) is 1.56. The van der Waals surface area contributed by atoms with E-state index in [9.17, 15) is 8.42 Å². The lowest BCUT2D eigenvalue weighted by Gasteiger charge is -2.40. The molecule has 4 aromatic rings. The van der Waals surface area contributed by atoms with Crippen LogP contribution in [0, 0.1) is 0 Å². The van der Waals surface area contributed by atoms with Crippen LogP contribution in [0.2, 0.25) is 0 Å². The molecule has 6 rings (SSSR count). The predicted octanol–water partition coefficient (Wildman–Crippen LogP) is 4.83. The van der Waals surface area contributed by atoms with Crippen molar-refractivity contribution in [2.75, 3.05) is 68.3 Å². The minimum atomic E-state index is -3.45. The second-order valence-electron chi connectivity index (χ2n) is 10.7. The summed E-state index contributed by atoms with van der Waals surface area (Å²) >= 11 is 0. The van der Waals surface area contributed by atoms with Crippen LogP contribution in [0.4, 0.5) is 28.8 Å². The van der Waals surface area contributed by atoms with Gasteiger partial charge in [-0.15, -0.1) is 0 Å². The number of benzene rings is 3. The fraction of sp³-hybridized carbons (Fsp3) is 0.355. The molecule has 3 heterocycles. The number of rotatable bonds is 8. The first-order valence-electron chi connectivity index (χ1n) is 14.2. The van der Waals surface area contributed by atoms with Crippen LogP contribution in [-0.4, -0.2) is 82.1 Å². The molecule has 2 aliphatic rings. The summed E-state index contributed by atoms with van der Waals surface area (Å²) in [6.07, 6.45) is 3.46. The topological polar surface area (TPSA) is 109 Å². The maximum absolute atomic E-state index is 12.4. The van der Waals surface area contributed by atoms with Crippen LogP contribution in [0.25, 0.3) is 10.9 Å². The van der Waals surface area contributed by atoms with E-state index in [2.05, 4.69) is 32.6 Å². The molecule has 0 unspecified atom stereocenters. The van der Waals surface area contributed by atoms with E-state index in [0.29, 0.717) is 34.8 Å². The first kappa shape index (κ1) is 28.2. The first-order chi connectivity index (χ1) is 20.4. The van der Waals surface area contributed by atoms with Gasteiger partial charge in [-0.1, -0.05) is 24.3 Å². The molecule has 2 fully saturated rings. The fourth-order valence-corrected chi connectivity index (χ4v) is 6.63. The molecule has 0 atom stereocenters. The van der Waals surface area contributed by atoms with Crippen LogP contribution in [-0.2, 0) is 14.6 Å². The Morgan fingerprint density at radius 1 is 0.881 bits per heavy atom. The molecule has 0 amide bonds. The number of fused-ring (bicyclic) bond motifs is 1. The van der Waals surface area contributed by atoms with Crippen LogP contribution >= 0.6 is 0 Å². The van der Waals surface area contributed by atoms with Crippen molar-refractivity contribution in [3.63, 3.8) is 0 Å². The van der Waals surface area contributed by atoms with Crippen molar-refractivity contribution in [1.29, 1.82) is 0 Å². The Balaban J connectivity index is 1.23. The number of anilines is 5. The summed E-state index contributed by atoms with van der Waals surface area (Å²) in [6, 6.07) is 21.2. The Morgan fingerprint density at radius 3 is 2.38 bits per heavy atom. The second kappa shape index (κ2) is 12.1. The van der Waals surface area contributed by atoms with E-state index in [1.807, 2.05) is 30.3 Å². The molecule has 0 spiro atoms. The summed E-state index contributed by atoms with van der Waals surface area (Å²) in [6.45, 7) is 5.70. The molecule has 0 aliphatic carbocycles. The minimum absolute atomic E-state index is 0.202. The number of morpholine rings is 1. The smallest absolute Gasteiger partial charge is 0.229 e. The molecule has 2 aliphatic heterocycles. The van der Waals surface area contributed by atoms with E-state index < -0.39 is 9.84 Å². The number of hydrogen-bond donors (Lipinski definition) is 2. The van der Waals surface area contributed by atoms with Gasteiger partial charge in [-0.25, -0.2) is 13.4 Å². The average Bonchev–Trinajstić information content (AvgIpc) is 3.01. The highest BCUT2D eigenvalue weighted by Gasteiger charge is 2.26. The van der Waals surface area contributed by atoms with Gasteiger partial charge in [0, 0.05) is 55.6 Å². The Morgan fingerprint density at radius 2 is 1.62 bits per heavy atom. The SMILES string of the molecule is COc1cc(N2CCC(N3CCOCC3)CC2)ccc1Nc1nc(Nc2ccccc2S(C)(=O)=O)c2ccccc2n1. The molecule has 0 radical (unpaired) electrons. The van der Waals surface area contributed by atoms with Gasteiger partial charge in [0.15, 0.2) is 9.84 Å². The molecule has 220 valence electrons. The van der Waals surface area contributed by atoms with Crippen molar-refractivity contribution in [2.24, 2.45) is 0 Å². The molecule has 2 saturated heterocycles. The largest absolute Gasteiger partial charge is 0.494 e. The number of sulfone groups is 1. The Hall–Kier alpha value is -3.93. The summed E-state index contributed by atoms with van der Waals surface area (Å²) in [5.41, 5.74) is 3.03. The Labute approximate surface area is 246 Å². The van der Waals surface area contributed by atoms with Gasteiger partial charge in [0.25, 0.3) is 0 Å². The number of ether oxygens (including phenoxy) is 2. The number of aromatic nitrogens is 2. The highest BCUT2D eigenvalue weighted by molar-refractivity contribution is 7.90. The normalized spacial score (nSPS) is 16.9. The zero-order valence-electron chi connectivity index (χ0n) is 23.9. The lowest BCUT2D eigenvalue weighted by atomic mass is 10.0. The van der Waals surface area contributed by atoms with E-state index in [1.54, 1.807) is 31.4 Å². The standard InChI is InChI=1S/C31H36N6O4S/c1-40-28-21-23(36-15-13-22(14-16-36)37-17-19-41-20-18-37)11-12-26(28)34-31-33-25-8-4-3-7-24(25)30(35-31)32-27-9-5-6-10-29(27)42(2,38)39/h3-12,21-22H,13-20H2,1-2H3,(H2,32,33,34,35). The first-order valence-corrected chi connectivity index (χ1v) is 16.1. The molecule has 10 nitrogen and oxygen atoms in total. The van der Waals surface area contributed by atoms with Gasteiger partial charge >= 0.3 is 0 Å². The molecule has 0 saturated carbocycles. The van der Waals surface area contributed by atoms with Crippen molar-refractivity contribution in [2.45, 2.75) is 23.8 Å². The van der Waals surface area contributed by atoms with Crippen LogP contribution in [0.15, 0.2) is 71.6 Å². The number of piperidine rings is 1. The third kappa shape index (κ3) is 6.13. The zero-order chi connectivity index (χ0) is 29.1. The number of nitrogens with zero attached hydrogens (tertiary/aromatic N) is 4. The maximum atomic E-state index is 12.4. The van der Waals surface area contributed by atoms with Crippen LogP contribution < -0.4 is 20.3 Å². The monoisotopic (exact) mass is 588 g/mol. The maximum Gasteiger partial charge on any atom is 0.229 e. The minimum Gasteiger partial charge on any atom is -0.494 e. The average molecular weight is 589 g/mol. The van der Waals surface area contributed by atoms with Crippen molar-refractivity contribution in [3.8, 4) is 5.75 Å². The van der Waals surface area contributed by atoms with Gasteiger partial charge in [0.05, 0.1) is 42.1 Å². The number of para-hydroxylation sites is 2. The van der Waals surface area contributed by atoms with E-state index in [1.165, 1.54) is 6.26 Å². The highest BCUT2D eigenvalue weighted by Crippen LogP contribution is 2.35. The molecular weight excluding hydrogens is 552 g/mol. The fourth-order valence-electron chi connectivity index (χ4n) is 5.78. The van der Waals surface area contributed by atoms with Crippen molar-refractivity contribution < 1.29 is 17.9 Å². The quantitative estimate of drug-likeness (QED) is 0.297. The number of hydrogen-bond acceptors (Lipinski definition) is 10. The molecule has 42 heavy (non-hydrogen) atoms. The van der Waals surface area contributed by atoms with Gasteiger partial charge < -0.3 is 25.0 Å². The zero-order valence-corrected chi connectivity index (χ0v) is 24.7. The van der Waals surface area contributed by atoms with E-state index >= 15 is 0 Å². The molecule has 11 heteroatoms. The lowest BCUT2D eigenvalue weighted by Crippen LogP contribution is -2.49. The Kier molecular flexibility index (Phi) is 8.14. The van der Waals surface area contributed by atoms with E-state index in [4.69, 9.17) is 19.4 Å². The number of nitrogens with one attached hydrogen (secondary N) is 2. The summed E-state index contributed by atoms with van der Waals surface area (Å²) in [5, 5.41) is 7.33. The molecule has 0 bridgehead atoms. The van der Waals surface area contributed by atoms with Crippen molar-refractivity contribution in [1.82, 2.24) is 14.9 Å². The lowest BCUT2D eigenvalue weighted by molar-refractivity contribution is 0.0115. The predicted molar refractivity (Wildman–Crippen MR) is 166 cm³/mol. The van der Waals surface area contributed by atoms with Crippen LogP contribution in [0.3, 0.4) is 0 Å². The van der Waals surface area contributed by atoms with Crippen molar-refractivity contribution >= 4 is 49.6 Å². The van der Waals surface area contributed by atoms with Gasteiger partial charge in [0.1, 0.15) is 11.6 Å². The van der Waals surface area contributed by atoms with Gasteiger partial charge in [0.2, 0.25) is 5.95 Å². The Bertz CT molecular complexity index is 1670. The van der Waals surface area contributed by atoms with E-state index in [-0.39, 0.29) is 4.90 Å². The summed E-state index contributed by atoms with van der Waals surface area (Å²) < 4.78 is 36.1. The second-order valence-corrected chi connectivity index (χ2v) is 12.7. The molecule has 1 aromatic heterocycles. The van der Waals surface area contributed by atoms with Gasteiger partial charge in [-0.05, 0) is 49.2 Å². The molecule has 2 N–H and O–H groups in total. The van der Waals surface area contributed by atoms with E-state index in [0.717, 1.165) is 69.0 Å². The number of methoxy groups -OCH3 is 1. The summed E-state index contributed by atoms with van der Waals surface area (Å²) in [4.78, 5) is 14.7. The van der Waals surface area contributed by atoms with Gasteiger partial charge in [-0.2, -0.15) is 4.98 Å². The van der Waals surface area contributed by atoms with Crippen LogP contribution in [0.1, 0.15) is 12.8 Å². The van der Waals surface area contributed by atoms with Crippen LogP contribution in [0.5, 0.6) is 5.75 Å². The molecular formula is C31H36N6O4S. The van der Waals surface area contributed by atoms with Crippen molar-refractivity contribution in [3.05, 3.63) is 66.7 Å². The van der Waals surface area contributed by atoms with Gasteiger partial charge in [-0.3, -0.25) is 4.90 Å². The third-order valence-electron chi connectivity index (χ3n) is 7.97. The molecule has 3 aromatic carbocycles.